The van der Waals surface area contributed by atoms with E-state index in [1.165, 1.54) is 11.1 Å². The molecule has 0 radical (unpaired) electrons. The minimum atomic E-state index is 0.290. The first kappa shape index (κ1) is 15.1. The van der Waals surface area contributed by atoms with Gasteiger partial charge in [-0.1, -0.05) is 43.3 Å². The molecule has 0 saturated carbocycles. The minimum Gasteiger partial charge on any atom is -0.197 e. The molecule has 3 nitrogen and oxygen atoms in total. The van der Waals surface area contributed by atoms with Crippen LogP contribution in [0.2, 0.25) is 0 Å². The van der Waals surface area contributed by atoms with Gasteiger partial charge in [0.05, 0.1) is 0 Å². The molecule has 0 spiro atoms. The normalized spacial score (nSPS) is 11.2. The molecule has 0 fully saturated rings. The van der Waals surface area contributed by atoms with Crippen LogP contribution in [0, 0.1) is 4.91 Å². The number of pyridine rings is 1. The van der Waals surface area contributed by atoms with Crippen molar-refractivity contribution in [3.63, 3.8) is 0 Å². The maximum Gasteiger partial charge on any atom is 0.205 e. The van der Waals surface area contributed by atoms with Crippen molar-refractivity contribution >= 4 is 12.2 Å². The van der Waals surface area contributed by atoms with Crippen LogP contribution < -0.4 is 4.57 Å². The second-order valence-corrected chi connectivity index (χ2v) is 5.33. The number of nitrogens with zero attached hydrogens (tertiary/aromatic N) is 2. The third-order valence-electron chi connectivity index (χ3n) is 3.46. The fourth-order valence-electron chi connectivity index (χ4n) is 2.17. The van der Waals surface area contributed by atoms with Crippen LogP contribution in [0.5, 0.6) is 0 Å². The Bertz CT molecular complexity index is 615. The van der Waals surface area contributed by atoms with Crippen molar-refractivity contribution in [3.05, 3.63) is 70.4 Å². The molecule has 0 aliphatic heterocycles. The van der Waals surface area contributed by atoms with Crippen molar-refractivity contribution in [1.82, 2.24) is 0 Å². The highest BCUT2D eigenvalue weighted by Gasteiger charge is 2.05. The van der Waals surface area contributed by atoms with E-state index in [-0.39, 0.29) is 0 Å². The van der Waals surface area contributed by atoms with Crippen LogP contribution in [0.1, 0.15) is 36.6 Å². The van der Waals surface area contributed by atoms with Gasteiger partial charge in [0.2, 0.25) is 5.69 Å². The van der Waals surface area contributed by atoms with Crippen LogP contribution >= 0.6 is 0 Å². The van der Waals surface area contributed by atoms with Crippen molar-refractivity contribution in [2.45, 2.75) is 26.3 Å². The predicted molar refractivity (Wildman–Crippen MR) is 86.8 cm³/mol. The maximum absolute atomic E-state index is 10.3. The molecule has 1 aromatic heterocycles. The summed E-state index contributed by atoms with van der Waals surface area (Å²) in [5.74, 6) is 0.551. The first-order chi connectivity index (χ1) is 10.2. The lowest BCUT2D eigenvalue weighted by Gasteiger charge is -2.04. The molecule has 3 heteroatoms. The van der Waals surface area contributed by atoms with Crippen LogP contribution in [0.3, 0.4) is 0 Å². The van der Waals surface area contributed by atoms with Crippen molar-refractivity contribution in [3.8, 4) is 0 Å². The van der Waals surface area contributed by atoms with Gasteiger partial charge < -0.3 is 0 Å². The smallest absolute Gasteiger partial charge is 0.197 e. The molecule has 108 valence electrons. The van der Waals surface area contributed by atoms with Gasteiger partial charge in [-0.05, 0) is 29.2 Å². The molecule has 0 atom stereocenters. The zero-order valence-corrected chi connectivity index (χ0v) is 12.6. The first-order valence-electron chi connectivity index (χ1n) is 7.26. The molecule has 0 aliphatic rings. The predicted octanol–water partition coefficient (Wildman–Crippen LogP) is 4.03. The van der Waals surface area contributed by atoms with E-state index in [9.17, 15) is 4.91 Å². The average molecular weight is 281 g/mol. The van der Waals surface area contributed by atoms with E-state index >= 15 is 0 Å². The molecule has 21 heavy (non-hydrogen) atoms. The lowest BCUT2D eigenvalue weighted by atomic mass is 10.0. The maximum atomic E-state index is 10.3. The number of hydrogen-bond donors (Lipinski definition) is 0. The van der Waals surface area contributed by atoms with Gasteiger partial charge in [-0.3, -0.25) is 0 Å². The highest BCUT2D eigenvalue weighted by Crippen LogP contribution is 2.15. The summed E-state index contributed by atoms with van der Waals surface area (Å²) < 4.78 is 2.03. The molecule has 1 aromatic carbocycles. The van der Waals surface area contributed by atoms with Gasteiger partial charge in [0.25, 0.3) is 0 Å². The Hall–Kier alpha value is -2.29. The quantitative estimate of drug-likeness (QED) is 0.581. The van der Waals surface area contributed by atoms with Crippen molar-refractivity contribution < 1.29 is 4.57 Å². The second kappa shape index (κ2) is 7.48. The molecule has 1 heterocycles. The molecule has 0 unspecified atom stereocenters. The van der Waals surface area contributed by atoms with E-state index in [2.05, 4.69) is 55.4 Å². The van der Waals surface area contributed by atoms with Crippen molar-refractivity contribution in [1.29, 1.82) is 0 Å². The van der Waals surface area contributed by atoms with E-state index in [1.54, 1.807) is 0 Å². The van der Waals surface area contributed by atoms with Gasteiger partial charge in [-0.2, -0.15) is 9.47 Å². The van der Waals surface area contributed by atoms with E-state index in [0.29, 0.717) is 19.0 Å². The first-order valence-corrected chi connectivity index (χ1v) is 7.26. The Kier molecular flexibility index (Phi) is 5.38. The Balaban J connectivity index is 2.15. The van der Waals surface area contributed by atoms with Crippen LogP contribution in [-0.2, 0) is 6.54 Å². The largest absolute Gasteiger partial charge is 0.205 e. The van der Waals surface area contributed by atoms with Crippen molar-refractivity contribution in [2.75, 3.05) is 6.54 Å². The summed E-state index contributed by atoms with van der Waals surface area (Å²) in [4.78, 5) is 10.3. The number of hydrogen-bond acceptors (Lipinski definition) is 2. The summed E-state index contributed by atoms with van der Waals surface area (Å²) in [6.45, 7) is 5.28. The van der Waals surface area contributed by atoms with E-state index in [0.717, 1.165) is 5.69 Å². The highest BCUT2D eigenvalue weighted by molar-refractivity contribution is 5.67. The number of nitroso groups, excluding NO2 is 1. The molecule has 0 amide bonds. The summed E-state index contributed by atoms with van der Waals surface area (Å²) in [6.07, 6.45) is 6.12. The van der Waals surface area contributed by atoms with Gasteiger partial charge in [-0.15, -0.1) is 0 Å². The summed E-state index contributed by atoms with van der Waals surface area (Å²) in [6, 6.07) is 14.6. The van der Waals surface area contributed by atoms with Gasteiger partial charge in [0.15, 0.2) is 12.7 Å². The third kappa shape index (κ3) is 4.35. The van der Waals surface area contributed by atoms with Crippen LogP contribution in [0.15, 0.2) is 53.8 Å². The zero-order chi connectivity index (χ0) is 15.1. The Morgan fingerprint density at radius 1 is 1.10 bits per heavy atom. The zero-order valence-electron chi connectivity index (χ0n) is 12.6. The van der Waals surface area contributed by atoms with E-state index < -0.39 is 0 Å². The third-order valence-corrected chi connectivity index (χ3v) is 3.46. The molecule has 0 bridgehead atoms. The van der Waals surface area contributed by atoms with E-state index in [1.807, 2.05) is 29.0 Å². The monoisotopic (exact) mass is 281 g/mol. The van der Waals surface area contributed by atoms with Gasteiger partial charge in [0, 0.05) is 18.2 Å². The summed E-state index contributed by atoms with van der Waals surface area (Å²) in [7, 11) is 0. The summed E-state index contributed by atoms with van der Waals surface area (Å²) in [5.41, 5.74) is 3.58. The number of benzene rings is 1. The molecular formula is C18H21N2O+. The topological polar surface area (TPSA) is 33.3 Å². The Labute approximate surface area is 125 Å². The van der Waals surface area contributed by atoms with Crippen LogP contribution in [0.25, 0.3) is 12.2 Å². The lowest BCUT2D eigenvalue weighted by Crippen LogP contribution is -2.37. The fraction of sp³-hybridized carbons (Fsp3) is 0.278. The average Bonchev–Trinajstić information content (AvgIpc) is 2.52. The number of rotatable bonds is 6. The SMILES string of the molecule is CC(C)c1ccc(/C=C/c2cccc[n+]2CCN=O)cc1. The van der Waals surface area contributed by atoms with Gasteiger partial charge in [0.1, 0.15) is 6.54 Å². The lowest BCUT2D eigenvalue weighted by molar-refractivity contribution is -0.696. The highest BCUT2D eigenvalue weighted by atomic mass is 16.3. The summed E-state index contributed by atoms with van der Waals surface area (Å²) in [5, 5.41) is 2.92. The van der Waals surface area contributed by atoms with E-state index in [4.69, 9.17) is 0 Å². The molecule has 0 saturated heterocycles. The fourth-order valence-corrected chi connectivity index (χ4v) is 2.17. The Morgan fingerprint density at radius 2 is 1.86 bits per heavy atom. The van der Waals surface area contributed by atoms with Crippen LogP contribution in [0.4, 0.5) is 0 Å². The van der Waals surface area contributed by atoms with Crippen LogP contribution in [-0.4, -0.2) is 6.54 Å². The standard InChI is InChI=1S/C18H21N2O/c1-15(2)17-9-6-16(7-10-17)8-11-18-5-3-4-13-20(18)14-12-19-21/h3-11,13,15H,12,14H2,1-2H3/q+1/b11-8+. The molecular weight excluding hydrogens is 260 g/mol. The number of aromatic nitrogens is 1. The Morgan fingerprint density at radius 3 is 2.52 bits per heavy atom. The molecule has 0 N–H and O–H groups in total. The second-order valence-electron chi connectivity index (χ2n) is 5.33. The van der Waals surface area contributed by atoms with Crippen molar-refractivity contribution in [2.24, 2.45) is 5.18 Å². The molecule has 2 aromatic rings. The minimum absolute atomic E-state index is 0.290. The van der Waals surface area contributed by atoms with Gasteiger partial charge in [-0.25, -0.2) is 0 Å². The van der Waals surface area contributed by atoms with Gasteiger partial charge >= 0.3 is 0 Å². The summed E-state index contributed by atoms with van der Waals surface area (Å²) >= 11 is 0. The molecule has 2 rings (SSSR count). The molecule has 0 aliphatic carbocycles.